The topological polar surface area (TPSA) is 52.6 Å². The van der Waals surface area contributed by atoms with Gasteiger partial charge in [0.15, 0.2) is 8.32 Å². The van der Waals surface area contributed by atoms with E-state index in [1.165, 1.54) is 0 Å². The molecule has 0 heterocycles. The first-order valence-electron chi connectivity index (χ1n) is 6.36. The first kappa shape index (κ1) is 19.9. The Hall–Kier alpha value is -0.123. The van der Waals surface area contributed by atoms with Crippen LogP contribution in [0.1, 0.15) is 33.6 Å². The summed E-state index contributed by atoms with van der Waals surface area (Å²) in [7, 11) is -7.68. The predicted molar refractivity (Wildman–Crippen MR) is 73.3 cm³/mol. The fourth-order valence-electron chi connectivity index (χ4n) is 1.63. The third-order valence-corrected chi connectivity index (χ3v) is 9.05. The predicted octanol–water partition coefficient (Wildman–Crippen LogP) is 3.65. The molecular formula is C11H23F3O4SSi. The smallest absolute Gasteiger partial charge is 0.414 e. The zero-order valence-corrected chi connectivity index (χ0v) is 14.3. The molecule has 4 nitrogen and oxygen atoms in total. The van der Waals surface area contributed by atoms with E-state index < -0.39 is 30.6 Å². The van der Waals surface area contributed by atoms with Gasteiger partial charge in [-0.3, -0.25) is 4.18 Å². The molecule has 0 aliphatic rings. The maximum absolute atomic E-state index is 12.0. The average Bonchev–Trinajstić information content (AvgIpc) is 2.22. The Morgan fingerprint density at radius 1 is 1.10 bits per heavy atom. The van der Waals surface area contributed by atoms with Crippen LogP contribution >= 0.6 is 0 Å². The number of rotatable bonds is 8. The van der Waals surface area contributed by atoms with E-state index in [0.717, 1.165) is 12.8 Å². The highest BCUT2D eigenvalue weighted by atomic mass is 32.2. The van der Waals surface area contributed by atoms with Crippen LogP contribution < -0.4 is 0 Å². The molecule has 0 aromatic heterocycles. The van der Waals surface area contributed by atoms with Crippen LogP contribution in [0, 0.1) is 0 Å². The lowest BCUT2D eigenvalue weighted by atomic mass is 10.1. The van der Waals surface area contributed by atoms with Gasteiger partial charge < -0.3 is 4.43 Å². The Morgan fingerprint density at radius 3 is 2.00 bits per heavy atom. The van der Waals surface area contributed by atoms with E-state index in [1.54, 1.807) is 0 Å². The van der Waals surface area contributed by atoms with Crippen LogP contribution in [0.25, 0.3) is 0 Å². The minimum atomic E-state index is -5.53. The van der Waals surface area contributed by atoms with Crippen molar-refractivity contribution in [1.82, 2.24) is 0 Å². The summed E-state index contributed by atoms with van der Waals surface area (Å²) in [5, 5.41) is -0.0509. The molecule has 0 saturated carbocycles. The van der Waals surface area contributed by atoms with E-state index in [-0.39, 0.29) is 11.6 Å². The number of halogens is 3. The van der Waals surface area contributed by atoms with Gasteiger partial charge in [-0.2, -0.15) is 21.6 Å². The molecule has 0 rings (SSSR count). The molecule has 0 aliphatic carbocycles. The summed E-state index contributed by atoms with van der Waals surface area (Å²) in [6.07, 6.45) is 1.92. The highest BCUT2D eigenvalue weighted by Gasteiger charge is 2.47. The van der Waals surface area contributed by atoms with E-state index in [0.29, 0.717) is 0 Å². The van der Waals surface area contributed by atoms with Gasteiger partial charge in [0.25, 0.3) is 0 Å². The molecule has 0 fully saturated rings. The van der Waals surface area contributed by atoms with Crippen molar-refractivity contribution >= 4 is 18.4 Å². The summed E-state index contributed by atoms with van der Waals surface area (Å²) in [4.78, 5) is 0. The van der Waals surface area contributed by atoms with E-state index >= 15 is 0 Å². The van der Waals surface area contributed by atoms with Crippen LogP contribution in [0.5, 0.6) is 0 Å². The largest absolute Gasteiger partial charge is 0.523 e. The monoisotopic (exact) mass is 336 g/mol. The standard InChI is InChI=1S/C11H23F3O4SSi/c1-6-7-10(2,3)20(4,5)18-9-8-17-19(15,16)11(12,13)14/h6-9H2,1-5H3. The van der Waals surface area contributed by atoms with Crippen molar-refractivity contribution in [2.75, 3.05) is 13.2 Å². The van der Waals surface area contributed by atoms with E-state index in [9.17, 15) is 21.6 Å². The second kappa shape index (κ2) is 6.76. The van der Waals surface area contributed by atoms with Crippen LogP contribution in [-0.2, 0) is 18.7 Å². The van der Waals surface area contributed by atoms with Gasteiger partial charge in [-0.1, -0.05) is 27.2 Å². The summed E-state index contributed by atoms with van der Waals surface area (Å²) in [5.74, 6) is 0. The van der Waals surface area contributed by atoms with Crippen LogP contribution in [0.15, 0.2) is 0 Å². The molecule has 0 aromatic rings. The quantitative estimate of drug-likeness (QED) is 0.294. The molecule has 9 heteroatoms. The maximum atomic E-state index is 12.0. The Bertz CT molecular complexity index is 404. The van der Waals surface area contributed by atoms with E-state index in [2.05, 4.69) is 18.0 Å². The van der Waals surface area contributed by atoms with Gasteiger partial charge in [0, 0.05) is 0 Å². The van der Waals surface area contributed by atoms with Crippen LogP contribution in [0.2, 0.25) is 18.1 Å². The van der Waals surface area contributed by atoms with E-state index in [1.807, 2.05) is 20.0 Å². The summed E-state index contributed by atoms with van der Waals surface area (Å²) in [5.41, 5.74) is -5.39. The summed E-state index contributed by atoms with van der Waals surface area (Å²) < 4.78 is 67.0. The third-order valence-electron chi connectivity index (χ3n) is 3.57. The summed E-state index contributed by atoms with van der Waals surface area (Å²) in [6, 6.07) is 0. The van der Waals surface area contributed by atoms with Gasteiger partial charge >= 0.3 is 15.6 Å². The molecule has 0 bridgehead atoms. The Kier molecular flexibility index (Phi) is 6.72. The van der Waals surface area contributed by atoms with Crippen molar-refractivity contribution in [3.63, 3.8) is 0 Å². The molecule has 0 aliphatic heterocycles. The Labute approximate surface area is 119 Å². The summed E-state index contributed by atoms with van der Waals surface area (Å²) >= 11 is 0. The Morgan fingerprint density at radius 2 is 1.60 bits per heavy atom. The molecule has 0 unspecified atom stereocenters. The minimum absolute atomic E-state index is 0.0509. The molecular weight excluding hydrogens is 313 g/mol. The van der Waals surface area contributed by atoms with Crippen LogP contribution in [0.4, 0.5) is 13.2 Å². The van der Waals surface area contributed by atoms with Crippen molar-refractivity contribution in [3.8, 4) is 0 Å². The van der Waals surface area contributed by atoms with Crippen molar-refractivity contribution < 1.29 is 30.2 Å². The fraction of sp³-hybridized carbons (Fsp3) is 1.00. The Balaban J connectivity index is 4.39. The van der Waals surface area contributed by atoms with Crippen molar-refractivity contribution in [2.24, 2.45) is 0 Å². The van der Waals surface area contributed by atoms with Gasteiger partial charge in [0.2, 0.25) is 0 Å². The normalized spacial score (nSPS) is 14.6. The zero-order chi connectivity index (χ0) is 16.2. The first-order valence-corrected chi connectivity index (χ1v) is 10.7. The molecule has 122 valence electrons. The third kappa shape index (κ3) is 5.34. The molecule has 0 amide bonds. The molecule has 0 radical (unpaired) electrons. The van der Waals surface area contributed by atoms with Crippen molar-refractivity contribution in [1.29, 1.82) is 0 Å². The number of alkyl halides is 3. The molecule has 0 aromatic carbocycles. The van der Waals surface area contributed by atoms with Gasteiger partial charge in [-0.25, -0.2) is 0 Å². The average molecular weight is 336 g/mol. The number of hydrogen-bond acceptors (Lipinski definition) is 4. The van der Waals surface area contributed by atoms with Gasteiger partial charge in [0.1, 0.15) is 0 Å². The van der Waals surface area contributed by atoms with Crippen molar-refractivity contribution in [3.05, 3.63) is 0 Å². The lowest BCUT2D eigenvalue weighted by Gasteiger charge is -2.39. The first-order chi connectivity index (χ1) is 8.77. The van der Waals surface area contributed by atoms with Gasteiger partial charge in [-0.05, 0) is 24.6 Å². The second-order valence-corrected chi connectivity index (χ2v) is 12.0. The maximum Gasteiger partial charge on any atom is 0.523 e. The van der Waals surface area contributed by atoms with Gasteiger partial charge in [-0.15, -0.1) is 0 Å². The highest BCUT2D eigenvalue weighted by Crippen LogP contribution is 2.41. The molecule has 0 saturated heterocycles. The van der Waals surface area contributed by atoms with Crippen molar-refractivity contribution in [2.45, 2.75) is 57.3 Å². The summed E-state index contributed by atoms with van der Waals surface area (Å²) in [6.45, 7) is 9.28. The molecule has 20 heavy (non-hydrogen) atoms. The highest BCUT2D eigenvalue weighted by molar-refractivity contribution is 7.87. The zero-order valence-electron chi connectivity index (χ0n) is 12.5. The molecule has 0 N–H and O–H groups in total. The van der Waals surface area contributed by atoms with E-state index in [4.69, 9.17) is 4.43 Å². The molecule has 0 spiro atoms. The molecule has 0 atom stereocenters. The lowest BCUT2D eigenvalue weighted by molar-refractivity contribution is -0.0547. The van der Waals surface area contributed by atoms with Gasteiger partial charge in [0.05, 0.1) is 13.2 Å². The lowest BCUT2D eigenvalue weighted by Crippen LogP contribution is -2.43. The number of hydrogen-bond donors (Lipinski definition) is 0. The van der Waals surface area contributed by atoms with Crippen LogP contribution in [-0.4, -0.2) is 35.5 Å². The van der Waals surface area contributed by atoms with Crippen LogP contribution in [0.3, 0.4) is 0 Å². The fourth-order valence-corrected chi connectivity index (χ4v) is 3.89. The SMILES string of the molecule is CCCC(C)(C)[Si](C)(C)OCCOS(=O)(=O)C(F)(F)F. The second-order valence-electron chi connectivity index (χ2n) is 5.71. The minimum Gasteiger partial charge on any atom is -0.414 e.